The molecule has 0 radical (unpaired) electrons. The Kier molecular flexibility index (Phi) is 6.59. The molecule has 1 rings (SSSR count). The van der Waals surface area contributed by atoms with Crippen LogP contribution in [0.1, 0.15) is 0 Å². The van der Waals surface area contributed by atoms with E-state index in [1.165, 1.54) is 12.1 Å². The van der Waals surface area contributed by atoms with E-state index in [2.05, 4.69) is 4.18 Å². The first-order valence-electron chi connectivity index (χ1n) is 3.81. The first-order chi connectivity index (χ1) is 6.17. The predicted molar refractivity (Wildman–Crippen MR) is 55.8 cm³/mol. The van der Waals surface area contributed by atoms with E-state index in [-0.39, 0.29) is 47.6 Å². The van der Waals surface area contributed by atoms with Crippen LogP contribution in [-0.2, 0) is 14.3 Å². The van der Waals surface area contributed by atoms with E-state index in [0.717, 1.165) is 0 Å². The van der Waals surface area contributed by atoms with Crippen LogP contribution in [0.15, 0.2) is 35.2 Å². The second-order valence-corrected chi connectivity index (χ2v) is 3.99. The Labute approximate surface area is 106 Å². The van der Waals surface area contributed by atoms with Gasteiger partial charge in [0, 0.05) is 6.54 Å². The third kappa shape index (κ3) is 4.08. The molecule has 0 atom stereocenters. The summed E-state index contributed by atoms with van der Waals surface area (Å²) < 4.78 is 27.2. The number of benzene rings is 1. The Morgan fingerprint density at radius 1 is 1.21 bits per heavy atom. The van der Waals surface area contributed by atoms with Gasteiger partial charge in [-0.25, -0.2) is 0 Å². The number of rotatable bonds is 4. The molecule has 0 amide bonds. The van der Waals surface area contributed by atoms with Crippen molar-refractivity contribution < 1.29 is 12.6 Å². The molecule has 0 spiro atoms. The van der Waals surface area contributed by atoms with Crippen molar-refractivity contribution in [2.24, 2.45) is 5.73 Å². The number of nitrogens with two attached hydrogens (primary N) is 1. The molecule has 2 N–H and O–H groups in total. The van der Waals surface area contributed by atoms with Crippen LogP contribution in [0.4, 0.5) is 0 Å². The summed E-state index contributed by atoms with van der Waals surface area (Å²) >= 11 is 0. The summed E-state index contributed by atoms with van der Waals surface area (Å²) in [6, 6.07) is 7.97. The van der Waals surface area contributed by atoms with Gasteiger partial charge in [-0.05, 0) is 12.1 Å². The van der Waals surface area contributed by atoms with Gasteiger partial charge in [0.15, 0.2) is 0 Å². The fourth-order valence-electron chi connectivity index (χ4n) is 0.813. The monoisotopic (exact) mass is 225 g/mol. The zero-order valence-electron chi connectivity index (χ0n) is 7.01. The van der Waals surface area contributed by atoms with Gasteiger partial charge in [-0.1, -0.05) is 18.2 Å². The van der Waals surface area contributed by atoms with Crippen LogP contribution in [-0.4, -0.2) is 51.1 Å². The first-order valence-corrected chi connectivity index (χ1v) is 5.22. The average molecular weight is 225 g/mol. The molecule has 1 aromatic rings. The molecule has 0 aliphatic heterocycles. The van der Waals surface area contributed by atoms with Gasteiger partial charge in [-0.3, -0.25) is 4.18 Å². The molecule has 74 valence electrons. The number of hydrogen-bond acceptors (Lipinski definition) is 4. The van der Waals surface area contributed by atoms with E-state index < -0.39 is 10.1 Å². The molecule has 0 aliphatic rings. The Balaban J connectivity index is 0.00000169. The van der Waals surface area contributed by atoms with Crippen LogP contribution < -0.4 is 5.73 Å². The SMILES string of the molecule is NCCOS(=O)(=O)c1ccccc1.[NaH]. The molecule has 6 heteroatoms. The zero-order chi connectivity index (χ0) is 9.73. The Morgan fingerprint density at radius 3 is 2.29 bits per heavy atom. The summed E-state index contributed by atoms with van der Waals surface area (Å²) in [5.74, 6) is 0. The van der Waals surface area contributed by atoms with Gasteiger partial charge in [-0.2, -0.15) is 8.42 Å². The summed E-state index contributed by atoms with van der Waals surface area (Å²) in [6.45, 7) is 0.198. The minimum absolute atomic E-state index is 0. The van der Waals surface area contributed by atoms with Crippen molar-refractivity contribution in [1.82, 2.24) is 0 Å². The van der Waals surface area contributed by atoms with E-state index in [4.69, 9.17) is 5.73 Å². The molecule has 0 saturated carbocycles. The number of hydrogen-bond donors (Lipinski definition) is 1. The van der Waals surface area contributed by atoms with Crippen molar-refractivity contribution in [3.05, 3.63) is 30.3 Å². The topological polar surface area (TPSA) is 69.4 Å². The van der Waals surface area contributed by atoms with Gasteiger partial charge < -0.3 is 5.73 Å². The van der Waals surface area contributed by atoms with Crippen molar-refractivity contribution in [1.29, 1.82) is 0 Å². The third-order valence-corrected chi connectivity index (χ3v) is 2.71. The molecule has 0 fully saturated rings. The fourth-order valence-corrected chi connectivity index (χ4v) is 1.76. The average Bonchev–Trinajstić information content (AvgIpc) is 2.16. The first kappa shape index (κ1) is 14.1. The molecule has 0 saturated heterocycles. The molecule has 0 aromatic heterocycles. The van der Waals surface area contributed by atoms with Gasteiger partial charge >= 0.3 is 29.6 Å². The molecular weight excluding hydrogens is 213 g/mol. The predicted octanol–water partition coefficient (Wildman–Crippen LogP) is -0.298. The van der Waals surface area contributed by atoms with Gasteiger partial charge in [0.25, 0.3) is 10.1 Å². The van der Waals surface area contributed by atoms with E-state index >= 15 is 0 Å². The Morgan fingerprint density at radius 2 is 1.79 bits per heavy atom. The summed E-state index contributed by atoms with van der Waals surface area (Å²) in [5.41, 5.74) is 5.12. The van der Waals surface area contributed by atoms with Crippen molar-refractivity contribution in [3.63, 3.8) is 0 Å². The Bertz CT molecular complexity index is 352. The van der Waals surface area contributed by atoms with Gasteiger partial charge in [0.1, 0.15) is 0 Å². The van der Waals surface area contributed by atoms with E-state index in [9.17, 15) is 8.42 Å². The summed E-state index contributed by atoms with van der Waals surface area (Å²) in [6.07, 6.45) is 0. The quantitative estimate of drug-likeness (QED) is 0.564. The summed E-state index contributed by atoms with van der Waals surface area (Å²) in [7, 11) is -3.60. The molecular formula is C8H12NNaO3S. The van der Waals surface area contributed by atoms with Crippen molar-refractivity contribution in [2.75, 3.05) is 13.2 Å². The van der Waals surface area contributed by atoms with Crippen molar-refractivity contribution >= 4 is 39.7 Å². The van der Waals surface area contributed by atoms with Gasteiger partial charge in [0.05, 0.1) is 11.5 Å². The van der Waals surface area contributed by atoms with Crippen LogP contribution >= 0.6 is 0 Å². The molecule has 1 aromatic carbocycles. The second-order valence-electron chi connectivity index (χ2n) is 2.38. The maximum atomic E-state index is 11.3. The van der Waals surface area contributed by atoms with E-state index in [1.807, 2.05) is 0 Å². The molecule has 14 heavy (non-hydrogen) atoms. The normalized spacial score (nSPS) is 10.6. The fraction of sp³-hybridized carbons (Fsp3) is 0.250. The summed E-state index contributed by atoms with van der Waals surface area (Å²) in [5, 5.41) is 0. The van der Waals surface area contributed by atoms with Crippen LogP contribution in [0.3, 0.4) is 0 Å². The third-order valence-electron chi connectivity index (χ3n) is 1.39. The van der Waals surface area contributed by atoms with Crippen LogP contribution in [0.2, 0.25) is 0 Å². The molecule has 0 aliphatic carbocycles. The minimum atomic E-state index is -3.60. The molecule has 4 nitrogen and oxygen atoms in total. The van der Waals surface area contributed by atoms with Crippen LogP contribution in [0, 0.1) is 0 Å². The Hall–Kier alpha value is 0.0900. The van der Waals surface area contributed by atoms with Crippen molar-refractivity contribution in [2.45, 2.75) is 4.90 Å². The van der Waals surface area contributed by atoms with E-state index in [0.29, 0.717) is 0 Å². The van der Waals surface area contributed by atoms with E-state index in [1.54, 1.807) is 18.2 Å². The maximum absolute atomic E-state index is 11.3. The molecule has 0 heterocycles. The van der Waals surface area contributed by atoms with Gasteiger partial charge in [-0.15, -0.1) is 0 Å². The molecule has 0 unspecified atom stereocenters. The second kappa shape index (κ2) is 6.55. The van der Waals surface area contributed by atoms with Crippen molar-refractivity contribution in [3.8, 4) is 0 Å². The standard InChI is InChI=1S/C8H11NO3S.Na.H/c9-6-7-12-13(10,11)8-4-2-1-3-5-8;;/h1-5H,6-7,9H2;;. The van der Waals surface area contributed by atoms with Crippen LogP contribution in [0.5, 0.6) is 0 Å². The van der Waals surface area contributed by atoms with Crippen LogP contribution in [0.25, 0.3) is 0 Å². The zero-order valence-corrected chi connectivity index (χ0v) is 7.83. The van der Waals surface area contributed by atoms with Gasteiger partial charge in [0.2, 0.25) is 0 Å². The molecule has 0 bridgehead atoms. The summed E-state index contributed by atoms with van der Waals surface area (Å²) in [4.78, 5) is 0.156.